The maximum absolute atomic E-state index is 12.3. The molecule has 1 aromatic heterocycles. The van der Waals surface area contributed by atoms with Crippen LogP contribution in [0.25, 0.3) is 11.4 Å². The zero-order valence-electron chi connectivity index (χ0n) is 13.7. The first-order valence-electron chi connectivity index (χ1n) is 8.73. The summed E-state index contributed by atoms with van der Waals surface area (Å²) in [6, 6.07) is 12.4. The highest BCUT2D eigenvalue weighted by molar-refractivity contribution is 5.80. The molecule has 1 atom stereocenters. The van der Waals surface area contributed by atoms with Crippen LogP contribution >= 0.6 is 0 Å². The van der Waals surface area contributed by atoms with Gasteiger partial charge >= 0.3 is 0 Å². The first kappa shape index (κ1) is 15.1. The number of aromatic nitrogens is 2. The number of nitrogens with zero attached hydrogens (tertiary/aromatic N) is 3. The average Bonchev–Trinajstić information content (AvgIpc) is 3.47. The minimum atomic E-state index is 0.0643. The van der Waals surface area contributed by atoms with Gasteiger partial charge in [0.25, 0.3) is 0 Å². The van der Waals surface area contributed by atoms with Crippen LogP contribution in [0, 0.1) is 5.92 Å². The van der Waals surface area contributed by atoms with Crippen LogP contribution in [0.1, 0.15) is 25.7 Å². The lowest BCUT2D eigenvalue weighted by Crippen LogP contribution is -2.44. The van der Waals surface area contributed by atoms with Gasteiger partial charge in [-0.2, -0.15) is 0 Å². The molecule has 0 radical (unpaired) electrons. The highest BCUT2D eigenvalue weighted by Gasteiger charge is 2.30. The molecular formula is C19H22N4O. The summed E-state index contributed by atoms with van der Waals surface area (Å²) in [6.07, 6.45) is 6.06. The highest BCUT2D eigenvalue weighted by Crippen LogP contribution is 2.25. The molecule has 1 aliphatic carbocycles. The van der Waals surface area contributed by atoms with E-state index in [4.69, 9.17) is 4.98 Å². The summed E-state index contributed by atoms with van der Waals surface area (Å²) in [7, 11) is 0. The van der Waals surface area contributed by atoms with Gasteiger partial charge in [0.2, 0.25) is 5.91 Å². The van der Waals surface area contributed by atoms with Crippen molar-refractivity contribution < 1.29 is 4.79 Å². The molecule has 1 amide bonds. The minimum absolute atomic E-state index is 0.0643. The van der Waals surface area contributed by atoms with Crippen LogP contribution < -0.4 is 10.2 Å². The Hall–Kier alpha value is -2.43. The Kier molecular flexibility index (Phi) is 4.15. The van der Waals surface area contributed by atoms with Gasteiger partial charge in [0.1, 0.15) is 5.82 Å². The Morgan fingerprint density at radius 2 is 1.96 bits per heavy atom. The van der Waals surface area contributed by atoms with E-state index in [1.807, 2.05) is 36.4 Å². The van der Waals surface area contributed by atoms with E-state index in [-0.39, 0.29) is 11.8 Å². The van der Waals surface area contributed by atoms with E-state index in [2.05, 4.69) is 15.2 Å². The molecule has 0 bridgehead atoms. The summed E-state index contributed by atoms with van der Waals surface area (Å²) in [4.78, 5) is 23.7. The van der Waals surface area contributed by atoms with Crippen LogP contribution in [0.5, 0.6) is 0 Å². The molecule has 1 saturated carbocycles. The monoisotopic (exact) mass is 322 g/mol. The van der Waals surface area contributed by atoms with Crippen molar-refractivity contribution in [2.75, 3.05) is 18.0 Å². The molecule has 0 spiro atoms. The molecule has 2 aliphatic rings. The molecule has 2 heterocycles. The van der Waals surface area contributed by atoms with E-state index in [1.54, 1.807) is 6.20 Å². The Morgan fingerprint density at radius 3 is 2.75 bits per heavy atom. The molecule has 5 heteroatoms. The van der Waals surface area contributed by atoms with E-state index in [1.165, 1.54) is 0 Å². The molecule has 124 valence electrons. The zero-order valence-corrected chi connectivity index (χ0v) is 13.7. The van der Waals surface area contributed by atoms with Gasteiger partial charge < -0.3 is 10.2 Å². The highest BCUT2D eigenvalue weighted by atomic mass is 16.2. The van der Waals surface area contributed by atoms with E-state index >= 15 is 0 Å². The normalized spacial score (nSPS) is 20.7. The molecule has 2 fully saturated rings. The summed E-state index contributed by atoms with van der Waals surface area (Å²) >= 11 is 0. The molecular weight excluding hydrogens is 300 g/mol. The van der Waals surface area contributed by atoms with Gasteiger partial charge in [-0.3, -0.25) is 4.79 Å². The number of carbonyl (C=O) groups is 1. The number of carbonyl (C=O) groups excluding carboxylic acids is 1. The maximum atomic E-state index is 12.3. The lowest BCUT2D eigenvalue weighted by atomic mass is 9.97. The molecule has 5 nitrogen and oxygen atoms in total. The zero-order chi connectivity index (χ0) is 16.4. The fraction of sp³-hybridized carbons (Fsp3) is 0.421. The van der Waals surface area contributed by atoms with Crippen molar-refractivity contribution in [2.45, 2.75) is 31.7 Å². The van der Waals surface area contributed by atoms with Gasteiger partial charge in [-0.25, -0.2) is 9.97 Å². The molecule has 24 heavy (non-hydrogen) atoms. The van der Waals surface area contributed by atoms with Gasteiger partial charge in [0.15, 0.2) is 5.82 Å². The third kappa shape index (κ3) is 3.40. The predicted octanol–water partition coefficient (Wildman–Crippen LogP) is 2.64. The number of hydrogen-bond donors (Lipinski definition) is 1. The minimum Gasteiger partial charge on any atom is -0.356 e. The van der Waals surface area contributed by atoms with Crippen LogP contribution in [-0.4, -0.2) is 35.0 Å². The summed E-state index contributed by atoms with van der Waals surface area (Å²) in [5.74, 6) is 1.92. The molecule has 2 aromatic rings. The van der Waals surface area contributed by atoms with Gasteiger partial charge in [-0.1, -0.05) is 30.3 Å². The molecule has 1 N–H and O–H groups in total. The number of piperidine rings is 1. The van der Waals surface area contributed by atoms with Crippen molar-refractivity contribution >= 4 is 11.7 Å². The van der Waals surface area contributed by atoms with Crippen molar-refractivity contribution in [1.82, 2.24) is 15.3 Å². The predicted molar refractivity (Wildman–Crippen MR) is 93.6 cm³/mol. The van der Waals surface area contributed by atoms with Gasteiger partial charge in [-0.15, -0.1) is 0 Å². The van der Waals surface area contributed by atoms with Crippen molar-refractivity contribution in [3.8, 4) is 11.4 Å². The second kappa shape index (κ2) is 6.59. The fourth-order valence-electron chi connectivity index (χ4n) is 3.20. The lowest BCUT2D eigenvalue weighted by Gasteiger charge is -2.33. The number of nitrogens with one attached hydrogen (secondary N) is 1. The third-order valence-corrected chi connectivity index (χ3v) is 4.71. The SMILES string of the molecule is O=C(NC1CC1)[C@H]1CCCN(c2ccnc(-c3ccccc3)n2)C1. The average molecular weight is 322 g/mol. The van der Waals surface area contributed by atoms with Crippen LogP contribution in [0.2, 0.25) is 0 Å². The van der Waals surface area contributed by atoms with Crippen molar-refractivity contribution in [1.29, 1.82) is 0 Å². The van der Waals surface area contributed by atoms with Crippen LogP contribution in [-0.2, 0) is 4.79 Å². The number of amides is 1. The maximum Gasteiger partial charge on any atom is 0.225 e. The second-order valence-electron chi connectivity index (χ2n) is 6.67. The Morgan fingerprint density at radius 1 is 1.12 bits per heavy atom. The fourth-order valence-corrected chi connectivity index (χ4v) is 3.20. The Bertz CT molecular complexity index is 714. The summed E-state index contributed by atoms with van der Waals surface area (Å²) in [5.41, 5.74) is 1.01. The first-order chi connectivity index (χ1) is 11.8. The summed E-state index contributed by atoms with van der Waals surface area (Å²) in [5, 5.41) is 3.13. The first-order valence-corrected chi connectivity index (χ1v) is 8.73. The van der Waals surface area contributed by atoms with Crippen LogP contribution in [0.4, 0.5) is 5.82 Å². The lowest BCUT2D eigenvalue weighted by molar-refractivity contribution is -0.125. The summed E-state index contributed by atoms with van der Waals surface area (Å²) in [6.45, 7) is 1.68. The molecule has 4 rings (SSSR count). The van der Waals surface area contributed by atoms with Crippen molar-refractivity contribution in [3.05, 3.63) is 42.6 Å². The van der Waals surface area contributed by atoms with E-state index in [0.717, 1.165) is 56.0 Å². The van der Waals surface area contributed by atoms with Crippen molar-refractivity contribution in [3.63, 3.8) is 0 Å². The second-order valence-corrected chi connectivity index (χ2v) is 6.67. The van der Waals surface area contributed by atoms with Gasteiger partial charge in [-0.05, 0) is 31.7 Å². The van der Waals surface area contributed by atoms with Crippen LogP contribution in [0.15, 0.2) is 42.6 Å². The van der Waals surface area contributed by atoms with E-state index in [0.29, 0.717) is 6.04 Å². The third-order valence-electron chi connectivity index (χ3n) is 4.71. The van der Waals surface area contributed by atoms with Crippen LogP contribution in [0.3, 0.4) is 0 Å². The largest absolute Gasteiger partial charge is 0.356 e. The number of rotatable bonds is 4. The van der Waals surface area contributed by atoms with E-state index < -0.39 is 0 Å². The molecule has 1 aromatic carbocycles. The standard InChI is InChI=1S/C19H22N4O/c24-19(21-16-8-9-16)15-7-4-12-23(13-15)17-10-11-20-18(22-17)14-5-2-1-3-6-14/h1-3,5-6,10-11,15-16H,4,7-9,12-13H2,(H,21,24)/t15-/m0/s1. The quantitative estimate of drug-likeness (QED) is 0.940. The Labute approximate surface area is 142 Å². The Balaban J connectivity index is 1.49. The van der Waals surface area contributed by atoms with Gasteiger partial charge in [0, 0.05) is 30.9 Å². The topological polar surface area (TPSA) is 58.1 Å². The number of anilines is 1. The number of benzene rings is 1. The molecule has 0 unspecified atom stereocenters. The van der Waals surface area contributed by atoms with Crippen molar-refractivity contribution in [2.24, 2.45) is 5.92 Å². The van der Waals surface area contributed by atoms with Gasteiger partial charge in [0.05, 0.1) is 5.92 Å². The molecule has 1 saturated heterocycles. The molecule has 1 aliphatic heterocycles. The van der Waals surface area contributed by atoms with E-state index in [9.17, 15) is 4.79 Å². The smallest absolute Gasteiger partial charge is 0.225 e. The summed E-state index contributed by atoms with van der Waals surface area (Å²) < 4.78 is 0. The number of hydrogen-bond acceptors (Lipinski definition) is 4.